The van der Waals surface area contributed by atoms with E-state index < -0.39 is 5.97 Å². The van der Waals surface area contributed by atoms with Crippen LogP contribution in [0.4, 0.5) is 0 Å². The number of methoxy groups -OCH3 is 1. The number of carbonyl (C=O) groups excluding carboxylic acids is 2. The van der Waals surface area contributed by atoms with E-state index in [0.29, 0.717) is 0 Å². The highest BCUT2D eigenvalue weighted by Gasteiger charge is 2.08. The van der Waals surface area contributed by atoms with Crippen LogP contribution in [0.3, 0.4) is 0 Å². The van der Waals surface area contributed by atoms with Crippen molar-refractivity contribution >= 4 is 28.7 Å². The first kappa shape index (κ1) is 19.5. The van der Waals surface area contributed by atoms with Crippen molar-refractivity contribution in [3.8, 4) is 5.75 Å². The quantitative estimate of drug-likeness (QED) is 0.579. The van der Waals surface area contributed by atoms with Crippen molar-refractivity contribution in [2.45, 2.75) is 32.7 Å². The Kier molecular flexibility index (Phi) is 7.21. The SMILES string of the molecule is CCC[C@H](C)NC(=O)COC(=O)/C=C/c1ccc2cc(OC)ccc2c1. The predicted octanol–water partition coefficient (Wildman–Crippen LogP) is 3.71. The van der Waals surface area contributed by atoms with Crippen molar-refractivity contribution in [3.63, 3.8) is 0 Å². The van der Waals surface area contributed by atoms with Gasteiger partial charge in [-0.05, 0) is 54.0 Å². The Morgan fingerprint density at radius 2 is 1.88 bits per heavy atom. The average molecular weight is 355 g/mol. The zero-order valence-electron chi connectivity index (χ0n) is 15.5. The molecule has 0 saturated carbocycles. The molecule has 2 rings (SSSR count). The van der Waals surface area contributed by atoms with Crippen LogP contribution in [-0.2, 0) is 14.3 Å². The van der Waals surface area contributed by atoms with Gasteiger partial charge in [0.25, 0.3) is 5.91 Å². The third kappa shape index (κ3) is 5.92. The van der Waals surface area contributed by atoms with Gasteiger partial charge in [0.05, 0.1) is 7.11 Å². The molecule has 26 heavy (non-hydrogen) atoms. The van der Waals surface area contributed by atoms with Gasteiger partial charge in [-0.15, -0.1) is 0 Å². The van der Waals surface area contributed by atoms with Crippen LogP contribution in [-0.4, -0.2) is 31.6 Å². The van der Waals surface area contributed by atoms with E-state index in [4.69, 9.17) is 9.47 Å². The van der Waals surface area contributed by atoms with Gasteiger partial charge in [-0.25, -0.2) is 4.79 Å². The Morgan fingerprint density at radius 3 is 2.62 bits per heavy atom. The molecule has 0 bridgehead atoms. The lowest BCUT2D eigenvalue weighted by Gasteiger charge is -2.12. The van der Waals surface area contributed by atoms with Crippen LogP contribution in [0, 0.1) is 0 Å². The minimum Gasteiger partial charge on any atom is -0.497 e. The van der Waals surface area contributed by atoms with E-state index in [9.17, 15) is 9.59 Å². The van der Waals surface area contributed by atoms with Crippen LogP contribution in [0.15, 0.2) is 42.5 Å². The summed E-state index contributed by atoms with van der Waals surface area (Å²) in [5, 5.41) is 4.89. The molecule has 0 aromatic heterocycles. The molecule has 0 spiro atoms. The van der Waals surface area contributed by atoms with Gasteiger partial charge >= 0.3 is 5.97 Å². The van der Waals surface area contributed by atoms with E-state index in [1.165, 1.54) is 6.08 Å². The molecule has 1 atom stereocenters. The second-order valence-electron chi connectivity index (χ2n) is 6.17. The van der Waals surface area contributed by atoms with E-state index in [-0.39, 0.29) is 18.6 Å². The van der Waals surface area contributed by atoms with Crippen LogP contribution < -0.4 is 10.1 Å². The monoisotopic (exact) mass is 355 g/mol. The van der Waals surface area contributed by atoms with E-state index in [1.807, 2.05) is 43.3 Å². The fourth-order valence-electron chi connectivity index (χ4n) is 2.64. The average Bonchev–Trinajstić information content (AvgIpc) is 2.64. The molecule has 5 heteroatoms. The Bertz CT molecular complexity index is 798. The van der Waals surface area contributed by atoms with E-state index in [0.717, 1.165) is 34.9 Å². The normalized spacial score (nSPS) is 12.1. The Hall–Kier alpha value is -2.82. The number of benzene rings is 2. The van der Waals surface area contributed by atoms with Crippen LogP contribution in [0.5, 0.6) is 5.75 Å². The van der Waals surface area contributed by atoms with Crippen molar-refractivity contribution in [2.75, 3.05) is 13.7 Å². The molecular weight excluding hydrogens is 330 g/mol. The van der Waals surface area contributed by atoms with E-state index in [1.54, 1.807) is 13.2 Å². The van der Waals surface area contributed by atoms with Crippen molar-refractivity contribution < 1.29 is 19.1 Å². The fourth-order valence-corrected chi connectivity index (χ4v) is 2.64. The first-order valence-electron chi connectivity index (χ1n) is 8.74. The minimum absolute atomic E-state index is 0.0815. The van der Waals surface area contributed by atoms with Crippen molar-refractivity contribution in [1.82, 2.24) is 5.32 Å². The third-order valence-corrected chi connectivity index (χ3v) is 3.96. The van der Waals surface area contributed by atoms with Gasteiger partial charge in [-0.3, -0.25) is 4.79 Å². The van der Waals surface area contributed by atoms with Gasteiger partial charge < -0.3 is 14.8 Å². The maximum absolute atomic E-state index is 11.8. The molecule has 0 radical (unpaired) electrons. The Morgan fingerprint density at radius 1 is 1.15 bits per heavy atom. The largest absolute Gasteiger partial charge is 0.497 e. The second-order valence-corrected chi connectivity index (χ2v) is 6.17. The fraction of sp³-hybridized carbons (Fsp3) is 0.333. The number of hydrogen-bond donors (Lipinski definition) is 1. The highest BCUT2D eigenvalue weighted by molar-refractivity contribution is 5.91. The van der Waals surface area contributed by atoms with Crippen LogP contribution in [0.2, 0.25) is 0 Å². The summed E-state index contributed by atoms with van der Waals surface area (Å²) < 4.78 is 10.2. The third-order valence-electron chi connectivity index (χ3n) is 3.96. The highest BCUT2D eigenvalue weighted by atomic mass is 16.5. The summed E-state index contributed by atoms with van der Waals surface area (Å²) in [4.78, 5) is 23.5. The summed E-state index contributed by atoms with van der Waals surface area (Å²) in [6.07, 6.45) is 4.88. The Balaban J connectivity index is 1.89. The zero-order chi connectivity index (χ0) is 18.9. The van der Waals surface area contributed by atoms with Gasteiger partial charge in [-0.1, -0.05) is 31.5 Å². The number of fused-ring (bicyclic) bond motifs is 1. The molecular formula is C21H25NO4. The number of ether oxygens (including phenoxy) is 2. The summed E-state index contributed by atoms with van der Waals surface area (Å²) in [6, 6.07) is 11.7. The maximum Gasteiger partial charge on any atom is 0.331 e. The number of hydrogen-bond acceptors (Lipinski definition) is 4. The molecule has 2 aromatic rings. The standard InChI is InChI=1S/C21H25NO4/c1-4-5-15(2)22-20(23)14-26-21(24)11-7-16-6-8-18-13-19(25-3)10-9-17(18)12-16/h6-13,15H,4-5,14H2,1-3H3,(H,22,23)/b11-7+/t15-/m0/s1. The predicted molar refractivity (Wildman–Crippen MR) is 103 cm³/mol. The minimum atomic E-state index is -0.543. The molecule has 0 aliphatic heterocycles. The molecule has 0 aliphatic rings. The lowest BCUT2D eigenvalue weighted by molar-refractivity contribution is -0.144. The molecule has 1 N–H and O–H groups in total. The first-order valence-corrected chi connectivity index (χ1v) is 8.74. The molecule has 0 aliphatic carbocycles. The Labute approximate surface area is 154 Å². The van der Waals surface area contributed by atoms with Gasteiger partial charge in [0.1, 0.15) is 5.75 Å². The maximum atomic E-state index is 11.8. The number of esters is 1. The smallest absolute Gasteiger partial charge is 0.331 e. The van der Waals surface area contributed by atoms with Gasteiger partial charge in [0, 0.05) is 12.1 Å². The molecule has 5 nitrogen and oxygen atoms in total. The molecule has 1 amide bonds. The molecule has 0 unspecified atom stereocenters. The molecule has 0 fully saturated rings. The molecule has 138 valence electrons. The van der Waals surface area contributed by atoms with Gasteiger partial charge in [0.15, 0.2) is 6.61 Å². The number of nitrogens with one attached hydrogen (secondary N) is 1. The van der Waals surface area contributed by atoms with E-state index >= 15 is 0 Å². The zero-order valence-corrected chi connectivity index (χ0v) is 15.5. The van der Waals surface area contributed by atoms with Crippen LogP contribution >= 0.6 is 0 Å². The summed E-state index contributed by atoms with van der Waals surface area (Å²) in [5.74, 6) is -0.0265. The highest BCUT2D eigenvalue weighted by Crippen LogP contribution is 2.22. The summed E-state index contributed by atoms with van der Waals surface area (Å²) in [6.45, 7) is 3.71. The second kappa shape index (κ2) is 9.61. The number of carbonyl (C=O) groups is 2. The first-order chi connectivity index (χ1) is 12.5. The van der Waals surface area contributed by atoms with Crippen LogP contribution in [0.1, 0.15) is 32.3 Å². The molecule has 0 saturated heterocycles. The molecule has 2 aromatic carbocycles. The molecule has 0 heterocycles. The lowest BCUT2D eigenvalue weighted by atomic mass is 10.1. The van der Waals surface area contributed by atoms with Crippen molar-refractivity contribution in [2.24, 2.45) is 0 Å². The topological polar surface area (TPSA) is 64.6 Å². The van der Waals surface area contributed by atoms with Crippen molar-refractivity contribution in [3.05, 3.63) is 48.0 Å². The number of amides is 1. The lowest BCUT2D eigenvalue weighted by Crippen LogP contribution is -2.35. The van der Waals surface area contributed by atoms with Crippen LogP contribution in [0.25, 0.3) is 16.8 Å². The number of rotatable bonds is 8. The summed E-state index contributed by atoms with van der Waals surface area (Å²) in [7, 11) is 1.63. The van der Waals surface area contributed by atoms with Gasteiger partial charge in [-0.2, -0.15) is 0 Å². The van der Waals surface area contributed by atoms with Crippen molar-refractivity contribution in [1.29, 1.82) is 0 Å². The summed E-state index contributed by atoms with van der Waals surface area (Å²) in [5.41, 5.74) is 0.876. The summed E-state index contributed by atoms with van der Waals surface area (Å²) >= 11 is 0. The van der Waals surface area contributed by atoms with Gasteiger partial charge in [0.2, 0.25) is 0 Å². The van der Waals surface area contributed by atoms with E-state index in [2.05, 4.69) is 12.2 Å².